The Morgan fingerprint density at radius 2 is 1.94 bits per heavy atom. The summed E-state index contributed by atoms with van der Waals surface area (Å²) in [4.78, 5) is 11.7. The number of amides is 2. The van der Waals surface area contributed by atoms with Crippen LogP contribution in [0, 0.1) is 0 Å². The van der Waals surface area contributed by atoms with Gasteiger partial charge >= 0.3 is 6.03 Å². The average Bonchev–Trinajstić information content (AvgIpc) is 2.80. The maximum Gasteiger partial charge on any atom is 0.315 e. The van der Waals surface area contributed by atoms with Crippen molar-refractivity contribution in [2.24, 2.45) is 5.73 Å². The van der Waals surface area contributed by atoms with Gasteiger partial charge in [0, 0.05) is 31.3 Å². The first-order valence-electron chi connectivity index (χ1n) is 6.59. The fraction of sp³-hybridized carbons (Fsp3) is 0.917. The second-order valence-corrected chi connectivity index (χ2v) is 5.28. The van der Waals surface area contributed by atoms with E-state index in [9.17, 15) is 4.79 Å². The molecular weight excluding hydrogens is 218 g/mol. The molecule has 4 N–H and O–H groups in total. The van der Waals surface area contributed by atoms with Crippen molar-refractivity contribution in [3.8, 4) is 0 Å². The smallest absolute Gasteiger partial charge is 0.315 e. The lowest BCUT2D eigenvalue weighted by atomic mass is 9.91. The quantitative estimate of drug-likeness (QED) is 0.682. The Morgan fingerprint density at radius 3 is 2.59 bits per heavy atom. The van der Waals surface area contributed by atoms with Crippen molar-refractivity contribution in [2.45, 2.75) is 50.1 Å². The molecule has 0 spiro atoms. The number of carbonyl (C=O) groups excluding carboxylic acids is 1. The summed E-state index contributed by atoms with van der Waals surface area (Å²) in [6, 6.07) is 0.284. The Hall–Kier alpha value is -0.810. The fourth-order valence-electron chi connectivity index (χ4n) is 2.52. The molecule has 2 aliphatic rings. The normalized spacial score (nSPS) is 24.5. The van der Waals surface area contributed by atoms with Crippen LogP contribution in [0.25, 0.3) is 0 Å². The maximum atomic E-state index is 11.7. The Balaban J connectivity index is 1.67. The zero-order valence-electron chi connectivity index (χ0n) is 10.3. The molecular formula is C12H23N3O2. The van der Waals surface area contributed by atoms with Gasteiger partial charge in [0.1, 0.15) is 0 Å². The molecule has 2 fully saturated rings. The fourth-order valence-corrected chi connectivity index (χ4v) is 2.52. The number of hydrogen-bond donors (Lipinski definition) is 3. The Labute approximate surface area is 102 Å². The SMILES string of the molecule is NC1(CNC(=O)NC2CCCC2)CCOCC1. The highest BCUT2D eigenvalue weighted by atomic mass is 16.5. The molecule has 0 unspecified atom stereocenters. The first kappa shape index (κ1) is 12.6. The van der Waals surface area contributed by atoms with Crippen molar-refractivity contribution in [3.63, 3.8) is 0 Å². The highest BCUT2D eigenvalue weighted by Gasteiger charge is 2.28. The molecule has 98 valence electrons. The van der Waals surface area contributed by atoms with Gasteiger partial charge in [0.2, 0.25) is 0 Å². The molecule has 2 amide bonds. The average molecular weight is 241 g/mol. The van der Waals surface area contributed by atoms with Crippen LogP contribution in [0.5, 0.6) is 0 Å². The Morgan fingerprint density at radius 1 is 1.29 bits per heavy atom. The van der Waals surface area contributed by atoms with Gasteiger partial charge in [-0.1, -0.05) is 12.8 Å². The molecule has 0 aromatic carbocycles. The van der Waals surface area contributed by atoms with E-state index >= 15 is 0 Å². The molecule has 0 aromatic heterocycles. The van der Waals surface area contributed by atoms with Gasteiger partial charge in [-0.15, -0.1) is 0 Å². The molecule has 1 saturated carbocycles. The van der Waals surface area contributed by atoms with Crippen LogP contribution in [0.4, 0.5) is 4.79 Å². The zero-order chi connectivity index (χ0) is 12.1. The van der Waals surface area contributed by atoms with Crippen molar-refractivity contribution < 1.29 is 9.53 Å². The van der Waals surface area contributed by atoms with Crippen LogP contribution < -0.4 is 16.4 Å². The van der Waals surface area contributed by atoms with E-state index in [1.807, 2.05) is 0 Å². The number of rotatable bonds is 3. The van der Waals surface area contributed by atoms with Crippen molar-refractivity contribution in [2.75, 3.05) is 19.8 Å². The molecule has 0 bridgehead atoms. The van der Waals surface area contributed by atoms with Gasteiger partial charge in [-0.05, 0) is 25.7 Å². The third-order valence-electron chi connectivity index (χ3n) is 3.78. The largest absolute Gasteiger partial charge is 0.381 e. The van der Waals surface area contributed by atoms with Gasteiger partial charge < -0.3 is 21.1 Å². The van der Waals surface area contributed by atoms with E-state index in [1.54, 1.807) is 0 Å². The lowest BCUT2D eigenvalue weighted by Crippen LogP contribution is -2.55. The second kappa shape index (κ2) is 5.69. The number of carbonyl (C=O) groups is 1. The highest BCUT2D eigenvalue weighted by molar-refractivity contribution is 5.74. The number of nitrogens with one attached hydrogen (secondary N) is 2. The van der Waals surface area contributed by atoms with E-state index in [-0.39, 0.29) is 11.6 Å². The Kier molecular flexibility index (Phi) is 4.23. The summed E-state index contributed by atoms with van der Waals surface area (Å²) in [5.41, 5.74) is 5.91. The van der Waals surface area contributed by atoms with Gasteiger partial charge in [-0.2, -0.15) is 0 Å². The van der Waals surface area contributed by atoms with Gasteiger partial charge in [0.25, 0.3) is 0 Å². The van der Waals surface area contributed by atoms with Crippen molar-refractivity contribution in [1.29, 1.82) is 0 Å². The minimum absolute atomic E-state index is 0.0757. The summed E-state index contributed by atoms with van der Waals surface area (Å²) in [5, 5.41) is 5.89. The first-order valence-corrected chi connectivity index (χ1v) is 6.59. The summed E-state index contributed by atoms with van der Waals surface area (Å²) < 4.78 is 5.27. The number of ether oxygens (including phenoxy) is 1. The van der Waals surface area contributed by atoms with Crippen LogP contribution in [0.2, 0.25) is 0 Å². The molecule has 0 aromatic rings. The lowest BCUT2D eigenvalue weighted by Gasteiger charge is -2.33. The van der Waals surface area contributed by atoms with Crippen molar-refractivity contribution >= 4 is 6.03 Å². The molecule has 2 rings (SSSR count). The Bertz CT molecular complexity index is 258. The monoisotopic (exact) mass is 241 g/mol. The van der Waals surface area contributed by atoms with E-state index in [1.165, 1.54) is 12.8 Å². The topological polar surface area (TPSA) is 76.4 Å². The molecule has 5 heteroatoms. The van der Waals surface area contributed by atoms with Crippen LogP contribution in [-0.4, -0.2) is 37.4 Å². The summed E-state index contributed by atoms with van der Waals surface area (Å²) >= 11 is 0. The predicted octanol–water partition coefficient (Wildman–Crippen LogP) is 0.736. The summed E-state index contributed by atoms with van der Waals surface area (Å²) in [6.07, 6.45) is 6.30. The molecule has 0 radical (unpaired) electrons. The van der Waals surface area contributed by atoms with Crippen LogP contribution in [0.3, 0.4) is 0 Å². The van der Waals surface area contributed by atoms with Crippen LogP contribution in [0.15, 0.2) is 0 Å². The number of urea groups is 1. The summed E-state index contributed by atoms with van der Waals surface area (Å²) in [7, 11) is 0. The van der Waals surface area contributed by atoms with Crippen LogP contribution in [0.1, 0.15) is 38.5 Å². The standard InChI is InChI=1S/C12H23N3O2/c13-12(5-7-17-8-6-12)9-14-11(16)15-10-3-1-2-4-10/h10H,1-9,13H2,(H2,14,15,16). The molecule has 1 saturated heterocycles. The zero-order valence-corrected chi connectivity index (χ0v) is 10.3. The van der Waals surface area contributed by atoms with E-state index in [0.29, 0.717) is 25.8 Å². The molecule has 5 nitrogen and oxygen atoms in total. The number of nitrogens with two attached hydrogens (primary N) is 1. The third kappa shape index (κ3) is 3.85. The second-order valence-electron chi connectivity index (χ2n) is 5.28. The minimum atomic E-state index is -0.286. The molecule has 17 heavy (non-hydrogen) atoms. The van der Waals surface area contributed by atoms with Crippen molar-refractivity contribution in [1.82, 2.24) is 10.6 Å². The molecule has 1 aliphatic heterocycles. The van der Waals surface area contributed by atoms with E-state index in [0.717, 1.165) is 25.7 Å². The van der Waals surface area contributed by atoms with Crippen molar-refractivity contribution in [3.05, 3.63) is 0 Å². The first-order chi connectivity index (χ1) is 8.18. The van der Waals surface area contributed by atoms with Gasteiger partial charge in [0.05, 0.1) is 0 Å². The molecule has 0 atom stereocenters. The maximum absolute atomic E-state index is 11.7. The van der Waals surface area contributed by atoms with Crippen LogP contribution in [-0.2, 0) is 4.74 Å². The minimum Gasteiger partial charge on any atom is -0.381 e. The summed E-state index contributed by atoms with van der Waals surface area (Å²) in [6.45, 7) is 1.93. The third-order valence-corrected chi connectivity index (χ3v) is 3.78. The number of hydrogen-bond acceptors (Lipinski definition) is 3. The van der Waals surface area contributed by atoms with Gasteiger partial charge in [0.15, 0.2) is 0 Å². The summed E-state index contributed by atoms with van der Waals surface area (Å²) in [5.74, 6) is 0. The van der Waals surface area contributed by atoms with E-state index < -0.39 is 0 Å². The van der Waals surface area contributed by atoms with Crippen LogP contribution >= 0.6 is 0 Å². The molecule has 1 heterocycles. The molecule has 1 aliphatic carbocycles. The highest BCUT2D eigenvalue weighted by Crippen LogP contribution is 2.18. The van der Waals surface area contributed by atoms with Gasteiger partial charge in [-0.3, -0.25) is 0 Å². The predicted molar refractivity (Wildman–Crippen MR) is 65.8 cm³/mol. The lowest BCUT2D eigenvalue weighted by molar-refractivity contribution is 0.0539. The van der Waals surface area contributed by atoms with E-state index in [2.05, 4.69) is 10.6 Å². The van der Waals surface area contributed by atoms with Gasteiger partial charge in [-0.25, -0.2) is 4.79 Å². The van der Waals surface area contributed by atoms with E-state index in [4.69, 9.17) is 10.5 Å².